The third-order valence-corrected chi connectivity index (χ3v) is 2.27. The van der Waals surface area contributed by atoms with Gasteiger partial charge in [-0.1, -0.05) is 17.7 Å². The lowest BCUT2D eigenvalue weighted by atomic mass is 10.1. The first-order chi connectivity index (χ1) is 7.54. The van der Waals surface area contributed by atoms with Crippen LogP contribution in [0.25, 0.3) is 0 Å². The highest BCUT2D eigenvalue weighted by molar-refractivity contribution is 5.97. The van der Waals surface area contributed by atoms with E-state index in [4.69, 9.17) is 0 Å². The van der Waals surface area contributed by atoms with E-state index < -0.39 is 6.04 Å². The summed E-state index contributed by atoms with van der Waals surface area (Å²) in [4.78, 5) is 23.0. The molecule has 1 aromatic carbocycles. The number of carbonyl (C=O) groups is 2. The summed E-state index contributed by atoms with van der Waals surface area (Å²) in [6.45, 7) is 3.56. The van der Waals surface area contributed by atoms with Crippen LogP contribution in [-0.4, -0.2) is 24.9 Å². The van der Waals surface area contributed by atoms with Crippen molar-refractivity contribution in [2.24, 2.45) is 0 Å². The zero-order valence-corrected chi connectivity index (χ0v) is 9.70. The Balaban J connectivity index is 2.69. The first-order valence-electron chi connectivity index (χ1n) is 5.13. The van der Waals surface area contributed by atoms with Crippen molar-refractivity contribution in [3.63, 3.8) is 0 Å². The van der Waals surface area contributed by atoms with E-state index >= 15 is 0 Å². The summed E-state index contributed by atoms with van der Waals surface area (Å²) in [6, 6.07) is 6.71. The molecule has 0 bridgehead atoms. The van der Waals surface area contributed by atoms with E-state index in [0.29, 0.717) is 5.56 Å². The van der Waals surface area contributed by atoms with Crippen LogP contribution in [0.3, 0.4) is 0 Å². The third kappa shape index (κ3) is 3.08. The Morgan fingerprint density at radius 3 is 2.56 bits per heavy atom. The van der Waals surface area contributed by atoms with Crippen LogP contribution in [0.4, 0.5) is 0 Å². The molecule has 0 spiro atoms. The summed E-state index contributed by atoms with van der Waals surface area (Å²) in [7, 11) is 1.54. The molecule has 1 atom stereocenters. The quantitative estimate of drug-likeness (QED) is 0.793. The monoisotopic (exact) mass is 220 g/mol. The van der Waals surface area contributed by atoms with E-state index in [9.17, 15) is 9.59 Å². The molecule has 2 N–H and O–H groups in total. The molecule has 0 aromatic heterocycles. The minimum absolute atomic E-state index is 0.207. The molecule has 0 aliphatic carbocycles. The Morgan fingerprint density at radius 2 is 2.00 bits per heavy atom. The van der Waals surface area contributed by atoms with Crippen LogP contribution in [0, 0.1) is 6.92 Å². The van der Waals surface area contributed by atoms with Gasteiger partial charge in [0.1, 0.15) is 6.04 Å². The number of amides is 2. The number of aryl methyl sites for hydroxylation is 1. The van der Waals surface area contributed by atoms with Crippen LogP contribution in [0.1, 0.15) is 22.8 Å². The molecule has 0 radical (unpaired) electrons. The second-order valence-corrected chi connectivity index (χ2v) is 3.68. The smallest absolute Gasteiger partial charge is 0.251 e. The molecule has 1 rings (SSSR count). The SMILES string of the molecule is CNC(=O)[C@@H](C)NC(=O)c1cccc(C)c1. The second kappa shape index (κ2) is 5.30. The summed E-state index contributed by atoms with van der Waals surface area (Å²) < 4.78 is 0. The van der Waals surface area contributed by atoms with Gasteiger partial charge in [0.15, 0.2) is 0 Å². The summed E-state index contributed by atoms with van der Waals surface area (Å²) in [5.41, 5.74) is 1.58. The predicted octanol–water partition coefficient (Wildman–Crippen LogP) is 0.859. The Kier molecular flexibility index (Phi) is 4.05. The fourth-order valence-corrected chi connectivity index (χ4v) is 1.35. The lowest BCUT2D eigenvalue weighted by molar-refractivity contribution is -0.122. The molecule has 0 saturated carbocycles. The molecule has 0 aliphatic rings. The number of carbonyl (C=O) groups excluding carboxylic acids is 2. The molecule has 0 saturated heterocycles. The highest BCUT2D eigenvalue weighted by Gasteiger charge is 2.14. The average Bonchev–Trinajstić information content (AvgIpc) is 2.27. The third-order valence-electron chi connectivity index (χ3n) is 2.27. The van der Waals surface area contributed by atoms with E-state index in [1.54, 1.807) is 19.1 Å². The standard InChI is InChI=1S/C12H16N2O2/c1-8-5-4-6-10(7-8)12(16)14-9(2)11(15)13-3/h4-7,9H,1-3H3,(H,13,15)(H,14,16)/t9-/m1/s1. The van der Waals surface area contributed by atoms with E-state index in [1.165, 1.54) is 7.05 Å². The maximum Gasteiger partial charge on any atom is 0.251 e. The van der Waals surface area contributed by atoms with E-state index in [1.807, 2.05) is 19.1 Å². The van der Waals surface area contributed by atoms with Gasteiger partial charge in [-0.05, 0) is 26.0 Å². The van der Waals surface area contributed by atoms with Gasteiger partial charge < -0.3 is 10.6 Å². The molecule has 0 unspecified atom stereocenters. The minimum Gasteiger partial charge on any atom is -0.357 e. The molecular weight excluding hydrogens is 204 g/mol. The van der Waals surface area contributed by atoms with Crippen molar-refractivity contribution in [1.29, 1.82) is 0 Å². The lowest BCUT2D eigenvalue weighted by Crippen LogP contribution is -2.43. The van der Waals surface area contributed by atoms with Crippen LogP contribution in [0.15, 0.2) is 24.3 Å². The van der Waals surface area contributed by atoms with Crippen LogP contribution in [-0.2, 0) is 4.79 Å². The Hall–Kier alpha value is -1.84. The number of nitrogens with one attached hydrogen (secondary N) is 2. The van der Waals surface area contributed by atoms with Crippen molar-refractivity contribution < 1.29 is 9.59 Å². The van der Waals surface area contributed by atoms with Gasteiger partial charge in [-0.3, -0.25) is 9.59 Å². The molecule has 4 nitrogen and oxygen atoms in total. The van der Waals surface area contributed by atoms with Gasteiger partial charge in [0, 0.05) is 12.6 Å². The average molecular weight is 220 g/mol. The second-order valence-electron chi connectivity index (χ2n) is 3.68. The van der Waals surface area contributed by atoms with Gasteiger partial charge >= 0.3 is 0 Å². The van der Waals surface area contributed by atoms with Gasteiger partial charge in [0.25, 0.3) is 5.91 Å². The fraction of sp³-hybridized carbons (Fsp3) is 0.333. The van der Waals surface area contributed by atoms with Crippen LogP contribution in [0.5, 0.6) is 0 Å². The molecule has 0 fully saturated rings. The Bertz CT molecular complexity index is 402. The number of likely N-dealkylation sites (N-methyl/N-ethyl adjacent to an activating group) is 1. The van der Waals surface area contributed by atoms with E-state index in [-0.39, 0.29) is 11.8 Å². The van der Waals surface area contributed by atoms with Crippen molar-refractivity contribution >= 4 is 11.8 Å². The molecule has 86 valence electrons. The zero-order valence-electron chi connectivity index (χ0n) is 9.70. The highest BCUT2D eigenvalue weighted by Crippen LogP contribution is 2.03. The van der Waals surface area contributed by atoms with Crippen molar-refractivity contribution in [3.8, 4) is 0 Å². The molecule has 16 heavy (non-hydrogen) atoms. The normalized spacial score (nSPS) is 11.7. The summed E-state index contributed by atoms with van der Waals surface area (Å²) in [5.74, 6) is -0.444. The summed E-state index contributed by atoms with van der Waals surface area (Å²) in [6.07, 6.45) is 0. The molecule has 0 aliphatic heterocycles. The minimum atomic E-state index is -0.530. The molecule has 2 amide bonds. The van der Waals surface area contributed by atoms with Gasteiger partial charge in [0.05, 0.1) is 0 Å². The first kappa shape index (κ1) is 12.2. The number of rotatable bonds is 3. The van der Waals surface area contributed by atoms with Gasteiger partial charge in [-0.15, -0.1) is 0 Å². The number of benzene rings is 1. The molecule has 0 heterocycles. The molecule has 4 heteroatoms. The maximum absolute atomic E-state index is 11.7. The van der Waals surface area contributed by atoms with Crippen LogP contribution >= 0.6 is 0 Å². The molecular formula is C12H16N2O2. The first-order valence-corrected chi connectivity index (χ1v) is 5.13. The van der Waals surface area contributed by atoms with Crippen LogP contribution < -0.4 is 10.6 Å². The number of hydrogen-bond donors (Lipinski definition) is 2. The Morgan fingerprint density at radius 1 is 1.31 bits per heavy atom. The van der Waals surface area contributed by atoms with Gasteiger partial charge in [-0.2, -0.15) is 0 Å². The van der Waals surface area contributed by atoms with E-state index in [0.717, 1.165) is 5.56 Å². The lowest BCUT2D eigenvalue weighted by Gasteiger charge is -2.12. The summed E-state index contributed by atoms with van der Waals surface area (Å²) in [5, 5.41) is 5.10. The van der Waals surface area contributed by atoms with Crippen molar-refractivity contribution in [3.05, 3.63) is 35.4 Å². The number of hydrogen-bond acceptors (Lipinski definition) is 2. The van der Waals surface area contributed by atoms with Crippen molar-refractivity contribution in [2.75, 3.05) is 7.05 Å². The van der Waals surface area contributed by atoms with E-state index in [2.05, 4.69) is 10.6 Å². The highest BCUT2D eigenvalue weighted by atomic mass is 16.2. The predicted molar refractivity (Wildman–Crippen MR) is 62.2 cm³/mol. The van der Waals surface area contributed by atoms with Crippen molar-refractivity contribution in [2.45, 2.75) is 19.9 Å². The van der Waals surface area contributed by atoms with Gasteiger partial charge in [0.2, 0.25) is 5.91 Å². The van der Waals surface area contributed by atoms with Crippen molar-refractivity contribution in [1.82, 2.24) is 10.6 Å². The molecule has 1 aromatic rings. The largest absolute Gasteiger partial charge is 0.357 e. The topological polar surface area (TPSA) is 58.2 Å². The summed E-state index contributed by atoms with van der Waals surface area (Å²) >= 11 is 0. The maximum atomic E-state index is 11.7. The Labute approximate surface area is 95.0 Å². The zero-order chi connectivity index (χ0) is 12.1. The van der Waals surface area contributed by atoms with Gasteiger partial charge in [-0.25, -0.2) is 0 Å². The van der Waals surface area contributed by atoms with Crippen LogP contribution in [0.2, 0.25) is 0 Å². The fourth-order valence-electron chi connectivity index (χ4n) is 1.35.